The number of hydrogen-bond donors (Lipinski definition) is 0. The van der Waals surface area contributed by atoms with Crippen molar-refractivity contribution in [2.24, 2.45) is 0 Å². The maximum absolute atomic E-state index is 12.8. The molecule has 6 nitrogen and oxygen atoms in total. The minimum absolute atomic E-state index is 0.104. The molecule has 1 fully saturated rings. The summed E-state index contributed by atoms with van der Waals surface area (Å²) in [6.45, 7) is 4.61. The smallest absolute Gasteiger partial charge is 0.228 e. The third kappa shape index (κ3) is 3.29. The molecular weight excluding hydrogens is 336 g/mol. The highest BCUT2D eigenvalue weighted by atomic mass is 32.1. The van der Waals surface area contributed by atoms with Crippen molar-refractivity contribution < 1.29 is 9.53 Å². The van der Waals surface area contributed by atoms with E-state index in [1.165, 1.54) is 11.5 Å². The lowest BCUT2D eigenvalue weighted by molar-refractivity contribution is -0.138. The van der Waals surface area contributed by atoms with Crippen LogP contribution in [0.5, 0.6) is 0 Å². The molecule has 1 saturated heterocycles. The predicted octanol–water partition coefficient (Wildman–Crippen LogP) is 2.66. The Morgan fingerprint density at radius 2 is 2.28 bits per heavy atom. The largest absolute Gasteiger partial charge is 0.370 e. The van der Waals surface area contributed by atoms with Crippen LogP contribution in [0.3, 0.4) is 0 Å². The summed E-state index contributed by atoms with van der Waals surface area (Å²) in [4.78, 5) is 14.6. The van der Waals surface area contributed by atoms with Gasteiger partial charge in [-0.1, -0.05) is 18.2 Å². The Balaban J connectivity index is 1.46. The normalized spacial score (nSPS) is 18.0. The van der Waals surface area contributed by atoms with E-state index >= 15 is 0 Å². The van der Waals surface area contributed by atoms with Crippen molar-refractivity contribution in [1.82, 2.24) is 19.1 Å². The molecule has 4 rings (SSSR count). The minimum atomic E-state index is -0.106. The highest BCUT2D eigenvalue weighted by Crippen LogP contribution is 2.25. The predicted molar refractivity (Wildman–Crippen MR) is 96.5 cm³/mol. The number of fused-ring (bicyclic) bond motifs is 1. The minimum Gasteiger partial charge on any atom is -0.370 e. The van der Waals surface area contributed by atoms with Gasteiger partial charge in [0.05, 0.1) is 36.2 Å². The van der Waals surface area contributed by atoms with Crippen LogP contribution in [0.15, 0.2) is 36.7 Å². The van der Waals surface area contributed by atoms with Crippen LogP contribution in [0.1, 0.15) is 24.3 Å². The molecule has 0 spiro atoms. The second-order valence-electron chi connectivity index (χ2n) is 6.13. The molecule has 2 aromatic heterocycles. The Hall–Kier alpha value is -2.25. The highest BCUT2D eigenvalue weighted by Gasteiger charge is 2.27. The van der Waals surface area contributed by atoms with Crippen LogP contribution >= 0.6 is 11.5 Å². The highest BCUT2D eigenvalue weighted by molar-refractivity contribution is 7.13. The zero-order chi connectivity index (χ0) is 17.2. The van der Waals surface area contributed by atoms with Crippen molar-refractivity contribution in [3.8, 4) is 0 Å². The summed E-state index contributed by atoms with van der Waals surface area (Å²) in [6.07, 6.45) is 4.05. The number of aromatic nitrogens is 3. The van der Waals surface area contributed by atoms with E-state index in [2.05, 4.69) is 9.47 Å². The number of amides is 1. The molecule has 0 saturated carbocycles. The van der Waals surface area contributed by atoms with Crippen LogP contribution in [-0.4, -0.2) is 44.7 Å². The Morgan fingerprint density at radius 3 is 3.12 bits per heavy atom. The lowest BCUT2D eigenvalue weighted by atomic mass is 10.1. The van der Waals surface area contributed by atoms with E-state index < -0.39 is 0 Å². The van der Waals surface area contributed by atoms with Gasteiger partial charge in [-0.05, 0) is 24.5 Å². The van der Waals surface area contributed by atoms with Crippen LogP contribution in [0, 0.1) is 0 Å². The molecule has 130 valence electrons. The van der Waals surface area contributed by atoms with Gasteiger partial charge in [0.2, 0.25) is 5.91 Å². The monoisotopic (exact) mass is 356 g/mol. The first-order valence-electron chi connectivity index (χ1n) is 8.49. The number of hydrogen-bond acceptors (Lipinski definition) is 5. The number of aryl methyl sites for hydroxylation is 1. The van der Waals surface area contributed by atoms with Crippen LogP contribution in [0.25, 0.3) is 10.1 Å². The Morgan fingerprint density at radius 1 is 1.40 bits per heavy atom. The van der Waals surface area contributed by atoms with E-state index in [1.807, 2.05) is 53.2 Å². The Kier molecular flexibility index (Phi) is 4.50. The third-order valence-corrected chi connectivity index (χ3v) is 5.40. The van der Waals surface area contributed by atoms with Gasteiger partial charge in [0.25, 0.3) is 0 Å². The fraction of sp³-hybridized carbons (Fsp3) is 0.389. The van der Waals surface area contributed by atoms with Gasteiger partial charge in [-0.15, -0.1) is 0 Å². The van der Waals surface area contributed by atoms with Gasteiger partial charge in [-0.2, -0.15) is 9.47 Å². The van der Waals surface area contributed by atoms with Crippen molar-refractivity contribution in [1.29, 1.82) is 0 Å². The lowest BCUT2D eigenvalue weighted by Crippen LogP contribution is -2.43. The molecule has 3 aromatic rings. The van der Waals surface area contributed by atoms with E-state index in [0.717, 1.165) is 27.9 Å². The average Bonchev–Trinajstić information content (AvgIpc) is 3.29. The van der Waals surface area contributed by atoms with Gasteiger partial charge in [-0.25, -0.2) is 0 Å². The Bertz CT molecular complexity index is 888. The summed E-state index contributed by atoms with van der Waals surface area (Å²) in [5, 5.41) is 5.38. The molecule has 1 amide bonds. The van der Waals surface area contributed by atoms with Gasteiger partial charge < -0.3 is 9.64 Å². The number of rotatable bonds is 4. The third-order valence-electron chi connectivity index (χ3n) is 4.54. The molecule has 0 bridgehead atoms. The molecule has 1 atom stereocenters. The lowest BCUT2D eigenvalue weighted by Gasteiger charge is -2.32. The molecule has 0 unspecified atom stereocenters. The van der Waals surface area contributed by atoms with E-state index in [-0.39, 0.29) is 12.0 Å². The topological polar surface area (TPSA) is 60.2 Å². The second kappa shape index (κ2) is 6.93. The van der Waals surface area contributed by atoms with Crippen LogP contribution < -0.4 is 0 Å². The number of benzene rings is 1. The van der Waals surface area contributed by atoms with E-state index in [1.54, 1.807) is 0 Å². The van der Waals surface area contributed by atoms with Gasteiger partial charge in [-0.3, -0.25) is 9.48 Å². The zero-order valence-electron chi connectivity index (χ0n) is 14.1. The maximum Gasteiger partial charge on any atom is 0.228 e. The molecule has 0 N–H and O–H groups in total. The fourth-order valence-electron chi connectivity index (χ4n) is 3.12. The number of morpholine rings is 1. The van der Waals surface area contributed by atoms with E-state index in [0.29, 0.717) is 26.1 Å². The standard InChI is InChI=1S/C18H20N4O2S/c1-2-22-11-13(10-19-22)16-12-21(7-8-24-16)18(23)9-15-14-5-3-4-6-17(14)25-20-15/h3-6,10-11,16H,2,7-9,12H2,1H3/t16-/m0/s1. The Labute approximate surface area is 150 Å². The van der Waals surface area contributed by atoms with Crippen molar-refractivity contribution in [3.63, 3.8) is 0 Å². The summed E-state index contributed by atoms with van der Waals surface area (Å²) in [7, 11) is 0. The first-order valence-corrected chi connectivity index (χ1v) is 9.27. The van der Waals surface area contributed by atoms with Gasteiger partial charge in [0, 0.05) is 30.2 Å². The van der Waals surface area contributed by atoms with Crippen LogP contribution in [0.4, 0.5) is 0 Å². The summed E-state index contributed by atoms with van der Waals surface area (Å²) < 4.78 is 13.3. The van der Waals surface area contributed by atoms with Crippen molar-refractivity contribution in [3.05, 3.63) is 47.9 Å². The maximum atomic E-state index is 12.8. The SMILES string of the molecule is CCn1cc([C@@H]2CN(C(=O)Cc3nsc4ccccc34)CCO2)cn1. The molecule has 0 aliphatic carbocycles. The summed E-state index contributed by atoms with van der Waals surface area (Å²) in [5.74, 6) is 0.104. The molecule has 1 aromatic carbocycles. The van der Waals surface area contributed by atoms with Crippen molar-refractivity contribution in [2.75, 3.05) is 19.7 Å². The molecule has 1 aliphatic rings. The van der Waals surface area contributed by atoms with Gasteiger partial charge in [0.15, 0.2) is 0 Å². The fourth-order valence-corrected chi connectivity index (χ4v) is 3.91. The summed E-state index contributed by atoms with van der Waals surface area (Å²) >= 11 is 1.45. The first-order chi connectivity index (χ1) is 12.2. The van der Waals surface area contributed by atoms with Crippen LogP contribution in [-0.2, 0) is 22.5 Å². The molecule has 0 radical (unpaired) electrons. The second-order valence-corrected chi connectivity index (χ2v) is 6.94. The molecule has 7 heteroatoms. The van der Waals surface area contributed by atoms with E-state index in [4.69, 9.17) is 4.74 Å². The molecule has 3 heterocycles. The van der Waals surface area contributed by atoms with Crippen molar-refractivity contribution >= 4 is 27.5 Å². The number of ether oxygens (including phenoxy) is 1. The van der Waals surface area contributed by atoms with Gasteiger partial charge >= 0.3 is 0 Å². The van der Waals surface area contributed by atoms with E-state index in [9.17, 15) is 4.79 Å². The molecule has 1 aliphatic heterocycles. The zero-order valence-corrected chi connectivity index (χ0v) is 14.9. The molecule has 25 heavy (non-hydrogen) atoms. The number of nitrogens with zero attached hydrogens (tertiary/aromatic N) is 4. The molecular formula is C18H20N4O2S. The number of carbonyl (C=O) groups excluding carboxylic acids is 1. The quantitative estimate of drug-likeness (QED) is 0.721. The van der Waals surface area contributed by atoms with Gasteiger partial charge in [0.1, 0.15) is 6.10 Å². The summed E-state index contributed by atoms with van der Waals surface area (Å²) in [6, 6.07) is 8.05. The average molecular weight is 356 g/mol. The van der Waals surface area contributed by atoms with Crippen LogP contribution in [0.2, 0.25) is 0 Å². The number of carbonyl (C=O) groups is 1. The summed E-state index contributed by atoms with van der Waals surface area (Å²) in [5.41, 5.74) is 1.89. The first kappa shape index (κ1) is 16.2. The van der Waals surface area contributed by atoms with Crippen molar-refractivity contribution in [2.45, 2.75) is 26.0 Å².